The maximum atomic E-state index is 10.8. The highest BCUT2D eigenvalue weighted by molar-refractivity contribution is 5.79. The van der Waals surface area contributed by atoms with Crippen molar-refractivity contribution in [1.82, 2.24) is 4.90 Å². The van der Waals surface area contributed by atoms with Crippen LogP contribution in [0.5, 0.6) is 5.75 Å². The molecule has 1 aromatic carbocycles. The van der Waals surface area contributed by atoms with Crippen molar-refractivity contribution in [3.8, 4) is 5.75 Å². The molecule has 1 saturated heterocycles. The van der Waals surface area contributed by atoms with Crippen LogP contribution in [0.2, 0.25) is 0 Å². The average Bonchev–Trinajstić information content (AvgIpc) is 2.40. The van der Waals surface area contributed by atoms with Gasteiger partial charge in [0.25, 0.3) is 0 Å². The summed E-state index contributed by atoms with van der Waals surface area (Å²) in [4.78, 5) is 13.2. The molecule has 0 atom stereocenters. The van der Waals surface area contributed by atoms with Gasteiger partial charge in [-0.25, -0.2) is 0 Å². The number of likely N-dealkylation sites (tertiary alicyclic amines) is 1. The van der Waals surface area contributed by atoms with Gasteiger partial charge in [0.05, 0.1) is 5.56 Å². The summed E-state index contributed by atoms with van der Waals surface area (Å²) >= 11 is 0. The fourth-order valence-corrected chi connectivity index (χ4v) is 2.18. The van der Waals surface area contributed by atoms with E-state index in [9.17, 15) is 4.79 Å². The van der Waals surface area contributed by atoms with Crippen molar-refractivity contribution in [2.75, 3.05) is 26.2 Å². The second kappa shape index (κ2) is 6.40. The van der Waals surface area contributed by atoms with Crippen molar-refractivity contribution in [3.63, 3.8) is 0 Å². The first-order valence-electron chi connectivity index (χ1n) is 6.29. The van der Waals surface area contributed by atoms with Gasteiger partial charge in [0, 0.05) is 6.54 Å². The number of rotatable bonds is 5. The van der Waals surface area contributed by atoms with Crippen molar-refractivity contribution < 1.29 is 9.53 Å². The van der Waals surface area contributed by atoms with Gasteiger partial charge in [-0.05, 0) is 38.1 Å². The van der Waals surface area contributed by atoms with E-state index in [4.69, 9.17) is 4.74 Å². The first-order valence-corrected chi connectivity index (χ1v) is 6.29. The fraction of sp³-hybridized carbons (Fsp3) is 0.500. The number of hydrogen-bond acceptors (Lipinski definition) is 3. The van der Waals surface area contributed by atoms with E-state index in [0.717, 1.165) is 12.8 Å². The smallest absolute Gasteiger partial charge is 0.153 e. The Bertz CT molecular complexity index is 359. The Labute approximate surface area is 102 Å². The van der Waals surface area contributed by atoms with E-state index in [1.54, 1.807) is 6.07 Å². The molecule has 1 heterocycles. The van der Waals surface area contributed by atoms with Crippen LogP contribution in [0.1, 0.15) is 29.6 Å². The summed E-state index contributed by atoms with van der Waals surface area (Å²) in [6.45, 7) is 3.97. The van der Waals surface area contributed by atoms with Crippen LogP contribution in [-0.4, -0.2) is 37.4 Å². The maximum absolute atomic E-state index is 10.8. The molecule has 0 unspecified atom stereocenters. The molecule has 0 amide bonds. The molecule has 0 spiro atoms. The Hall–Kier alpha value is -1.35. The van der Waals surface area contributed by atoms with Gasteiger partial charge >= 0.3 is 0 Å². The minimum atomic E-state index is 0.631. The van der Waals surface area contributed by atoms with E-state index in [2.05, 4.69) is 4.90 Å². The molecule has 0 bridgehead atoms. The first kappa shape index (κ1) is 12.1. The van der Waals surface area contributed by atoms with Crippen molar-refractivity contribution in [3.05, 3.63) is 29.8 Å². The normalized spacial score (nSPS) is 16.7. The summed E-state index contributed by atoms with van der Waals surface area (Å²) in [6.07, 6.45) is 4.79. The molecule has 3 heteroatoms. The van der Waals surface area contributed by atoms with Crippen LogP contribution in [0, 0.1) is 0 Å². The molecule has 0 aromatic heterocycles. The molecule has 1 aromatic rings. The van der Waals surface area contributed by atoms with Gasteiger partial charge in [-0.1, -0.05) is 18.6 Å². The zero-order valence-electron chi connectivity index (χ0n) is 10.1. The van der Waals surface area contributed by atoms with Crippen LogP contribution >= 0.6 is 0 Å². The predicted molar refractivity (Wildman–Crippen MR) is 67.6 cm³/mol. The maximum Gasteiger partial charge on any atom is 0.153 e. The second-order valence-electron chi connectivity index (χ2n) is 4.41. The zero-order chi connectivity index (χ0) is 11.9. The molecule has 92 valence electrons. The van der Waals surface area contributed by atoms with E-state index in [1.165, 1.54) is 32.4 Å². The van der Waals surface area contributed by atoms with E-state index in [-0.39, 0.29) is 0 Å². The Kier molecular flexibility index (Phi) is 4.56. The second-order valence-corrected chi connectivity index (χ2v) is 4.41. The van der Waals surface area contributed by atoms with Crippen LogP contribution in [0.3, 0.4) is 0 Å². The number of aldehydes is 1. The molecule has 2 rings (SSSR count). The van der Waals surface area contributed by atoms with Crippen molar-refractivity contribution in [1.29, 1.82) is 0 Å². The molecule has 1 aliphatic rings. The van der Waals surface area contributed by atoms with Crippen LogP contribution in [0.4, 0.5) is 0 Å². The van der Waals surface area contributed by atoms with Gasteiger partial charge in [-0.15, -0.1) is 0 Å². The molecular formula is C14H19NO2. The van der Waals surface area contributed by atoms with E-state index >= 15 is 0 Å². The lowest BCUT2D eigenvalue weighted by Gasteiger charge is -2.26. The largest absolute Gasteiger partial charge is 0.492 e. The number of piperidine rings is 1. The monoisotopic (exact) mass is 233 g/mol. The molecule has 3 nitrogen and oxygen atoms in total. The minimum absolute atomic E-state index is 0.631. The molecule has 0 radical (unpaired) electrons. The van der Waals surface area contributed by atoms with Crippen molar-refractivity contribution in [2.24, 2.45) is 0 Å². The highest BCUT2D eigenvalue weighted by atomic mass is 16.5. The average molecular weight is 233 g/mol. The Morgan fingerprint density at radius 2 is 1.94 bits per heavy atom. The third kappa shape index (κ3) is 3.56. The third-order valence-electron chi connectivity index (χ3n) is 3.16. The number of benzene rings is 1. The van der Waals surface area contributed by atoms with Crippen LogP contribution in [0.15, 0.2) is 24.3 Å². The number of carbonyl (C=O) groups excluding carboxylic acids is 1. The number of para-hydroxylation sites is 1. The lowest BCUT2D eigenvalue weighted by Crippen LogP contribution is -2.33. The van der Waals surface area contributed by atoms with Gasteiger partial charge in [0.15, 0.2) is 6.29 Å². The molecule has 0 aliphatic carbocycles. The standard InChI is InChI=1S/C14H19NO2/c16-12-13-6-2-3-7-14(13)17-11-10-15-8-4-1-5-9-15/h2-3,6-7,12H,1,4-5,8-11H2. The number of hydrogen-bond donors (Lipinski definition) is 0. The Morgan fingerprint density at radius 3 is 2.71 bits per heavy atom. The summed E-state index contributed by atoms with van der Waals surface area (Å²) in [5.41, 5.74) is 0.631. The van der Waals surface area contributed by atoms with Gasteiger partial charge in [-0.3, -0.25) is 9.69 Å². The molecular weight excluding hydrogens is 214 g/mol. The molecule has 0 N–H and O–H groups in total. The number of nitrogens with zero attached hydrogens (tertiary/aromatic N) is 1. The van der Waals surface area contributed by atoms with E-state index < -0.39 is 0 Å². The fourth-order valence-electron chi connectivity index (χ4n) is 2.18. The summed E-state index contributed by atoms with van der Waals surface area (Å²) in [5.74, 6) is 0.694. The molecule has 0 saturated carbocycles. The van der Waals surface area contributed by atoms with Crippen molar-refractivity contribution in [2.45, 2.75) is 19.3 Å². The van der Waals surface area contributed by atoms with Gasteiger partial charge in [0.2, 0.25) is 0 Å². The molecule has 1 fully saturated rings. The van der Waals surface area contributed by atoms with E-state index in [0.29, 0.717) is 17.9 Å². The van der Waals surface area contributed by atoms with Crippen LogP contribution < -0.4 is 4.74 Å². The Balaban J connectivity index is 1.79. The molecule has 1 aliphatic heterocycles. The van der Waals surface area contributed by atoms with E-state index in [1.807, 2.05) is 18.2 Å². The summed E-state index contributed by atoms with van der Waals surface area (Å²) in [7, 11) is 0. The van der Waals surface area contributed by atoms with Crippen LogP contribution in [0.25, 0.3) is 0 Å². The lowest BCUT2D eigenvalue weighted by atomic mass is 10.1. The van der Waals surface area contributed by atoms with Gasteiger partial charge in [0.1, 0.15) is 12.4 Å². The summed E-state index contributed by atoms with van der Waals surface area (Å²) in [6, 6.07) is 7.37. The number of carbonyl (C=O) groups is 1. The summed E-state index contributed by atoms with van der Waals surface area (Å²) in [5, 5.41) is 0. The van der Waals surface area contributed by atoms with Gasteiger partial charge < -0.3 is 4.74 Å². The SMILES string of the molecule is O=Cc1ccccc1OCCN1CCCCC1. The minimum Gasteiger partial charge on any atom is -0.492 e. The van der Waals surface area contributed by atoms with Gasteiger partial charge in [-0.2, -0.15) is 0 Å². The number of ether oxygens (including phenoxy) is 1. The third-order valence-corrected chi connectivity index (χ3v) is 3.16. The highest BCUT2D eigenvalue weighted by Crippen LogP contribution is 2.15. The lowest BCUT2D eigenvalue weighted by molar-refractivity contribution is 0.111. The predicted octanol–water partition coefficient (Wildman–Crippen LogP) is 2.36. The molecule has 17 heavy (non-hydrogen) atoms. The topological polar surface area (TPSA) is 29.5 Å². The summed E-state index contributed by atoms with van der Waals surface area (Å²) < 4.78 is 5.66. The first-order chi connectivity index (χ1) is 8.40. The van der Waals surface area contributed by atoms with Crippen molar-refractivity contribution >= 4 is 6.29 Å². The zero-order valence-corrected chi connectivity index (χ0v) is 10.1. The van der Waals surface area contributed by atoms with Crippen LogP contribution in [-0.2, 0) is 0 Å². The highest BCUT2D eigenvalue weighted by Gasteiger charge is 2.09. The quantitative estimate of drug-likeness (QED) is 0.731. The Morgan fingerprint density at radius 1 is 1.18 bits per heavy atom.